The van der Waals surface area contributed by atoms with Gasteiger partial charge in [-0.05, 0) is 12.1 Å². The van der Waals surface area contributed by atoms with Crippen molar-refractivity contribution in [2.45, 2.75) is 14.7 Å². The van der Waals surface area contributed by atoms with E-state index in [1.165, 1.54) is 6.07 Å². The zero-order valence-electron chi connectivity index (χ0n) is 15.8. The second-order valence-corrected chi connectivity index (χ2v) is 10.3. The van der Waals surface area contributed by atoms with Gasteiger partial charge < -0.3 is 14.2 Å². The first-order valence-electron chi connectivity index (χ1n) is 7.58. The van der Waals surface area contributed by atoms with Crippen LogP contribution < -0.4 is 59.1 Å². The summed E-state index contributed by atoms with van der Waals surface area (Å²) in [4.78, 5) is -2.71. The van der Waals surface area contributed by atoms with Gasteiger partial charge >= 0.3 is 59.1 Å². The van der Waals surface area contributed by atoms with Crippen molar-refractivity contribution in [2.24, 2.45) is 0 Å². The van der Waals surface area contributed by atoms with Crippen molar-refractivity contribution < 1.29 is 103 Å². The van der Waals surface area contributed by atoms with Gasteiger partial charge in [0.1, 0.15) is 30.9 Å². The summed E-state index contributed by atoms with van der Waals surface area (Å²) in [6.45, 7) is 0. The van der Waals surface area contributed by atoms with Gasteiger partial charge in [0.25, 0.3) is 10.1 Å². The molecule has 0 aliphatic carbocycles. The van der Waals surface area contributed by atoms with Crippen molar-refractivity contribution in [2.75, 3.05) is 0 Å². The predicted octanol–water partition coefficient (Wildman–Crippen LogP) is -4.65. The van der Waals surface area contributed by atoms with E-state index in [0.29, 0.717) is 6.07 Å². The third kappa shape index (κ3) is 4.35. The van der Waals surface area contributed by atoms with Gasteiger partial charge in [0.15, 0.2) is 0 Å². The molecule has 4 aromatic rings. The summed E-state index contributed by atoms with van der Waals surface area (Å²) in [5.74, 6) is -0.610. The number of aromatic hydroxyl groups is 1. The minimum absolute atomic E-state index is 0. The van der Waals surface area contributed by atoms with E-state index in [0.717, 1.165) is 24.3 Å². The number of phenols is 1. The Morgan fingerprint density at radius 1 is 0.613 bits per heavy atom. The molecule has 152 valence electrons. The number of phenolic OH excluding ortho intramolecular Hbond substituents is 1. The van der Waals surface area contributed by atoms with Crippen molar-refractivity contribution >= 4 is 62.7 Å². The monoisotopic (exact) mass is 502 g/mol. The van der Waals surface area contributed by atoms with Crippen LogP contribution in [-0.4, -0.2) is 44.0 Å². The number of benzene rings is 4. The van der Waals surface area contributed by atoms with Crippen molar-refractivity contribution in [1.29, 1.82) is 0 Å². The number of hydrogen-bond acceptors (Lipinski definition) is 9. The number of rotatable bonds is 3. The quantitative estimate of drug-likeness (QED) is 0.157. The van der Waals surface area contributed by atoms with Crippen LogP contribution in [-0.2, 0) is 30.4 Å². The third-order valence-electron chi connectivity index (χ3n) is 4.58. The third-order valence-corrected chi connectivity index (χ3v) is 7.23. The summed E-state index contributed by atoms with van der Waals surface area (Å²) in [7, 11) is -15.3. The van der Waals surface area contributed by atoms with Crippen molar-refractivity contribution in [3.63, 3.8) is 0 Å². The molecule has 31 heavy (non-hydrogen) atoms. The first-order chi connectivity index (χ1) is 13.2. The molecule has 10 nitrogen and oxygen atoms in total. The topological polar surface area (TPSA) is 189 Å². The molecule has 0 aliphatic heterocycles. The van der Waals surface area contributed by atoms with Crippen LogP contribution in [0.1, 0.15) is 0 Å². The molecule has 0 heterocycles. The largest absolute Gasteiger partial charge is 1.00 e. The van der Waals surface area contributed by atoms with Crippen molar-refractivity contribution in [3.05, 3.63) is 36.4 Å². The predicted molar refractivity (Wildman–Crippen MR) is 97.6 cm³/mol. The molecule has 4 rings (SSSR count). The molecule has 0 spiro atoms. The molecule has 0 atom stereocenters. The smallest absolute Gasteiger partial charge is 0.744 e. The van der Waals surface area contributed by atoms with Gasteiger partial charge in [-0.25, -0.2) is 16.8 Å². The Balaban J connectivity index is 0.00000171. The first-order valence-corrected chi connectivity index (χ1v) is 11.8. The molecule has 0 bridgehead atoms. The fourth-order valence-electron chi connectivity index (χ4n) is 3.51. The van der Waals surface area contributed by atoms with Gasteiger partial charge in [-0.1, -0.05) is 18.2 Å². The first kappa shape index (κ1) is 26.7. The average Bonchev–Trinajstić information content (AvgIpc) is 2.57. The maximum atomic E-state index is 11.7. The Morgan fingerprint density at radius 3 is 1.35 bits per heavy atom. The normalized spacial score (nSPS) is 12.7. The molecule has 15 heteroatoms. The van der Waals surface area contributed by atoms with E-state index in [9.17, 15) is 44.0 Å². The Hall–Kier alpha value is -0.550. The molecule has 0 aliphatic rings. The summed E-state index contributed by atoms with van der Waals surface area (Å²) in [5.41, 5.74) is 0. The van der Waals surface area contributed by atoms with Crippen molar-refractivity contribution in [1.82, 2.24) is 0 Å². The molecule has 0 saturated carbocycles. The van der Waals surface area contributed by atoms with E-state index in [1.807, 2.05) is 0 Å². The standard InChI is InChI=1S/C16H10O10S3.2Na/c17-11-5-12(27(18,19)20)8-3-4-10-14(29(24,25)26)6-13(28(21,22)23)9-2-1-7(11)15(8)16(9)10;;/h1-6,17H,(H,18,19,20)(H,21,22,23)(H,24,25,26);;/q;2*+1/p-2. The van der Waals surface area contributed by atoms with Crippen LogP contribution in [0.25, 0.3) is 32.3 Å². The van der Waals surface area contributed by atoms with Crippen LogP contribution >= 0.6 is 0 Å². The maximum Gasteiger partial charge on any atom is 1.00 e. The van der Waals surface area contributed by atoms with Gasteiger partial charge in [-0.3, -0.25) is 4.55 Å². The molecular weight excluding hydrogens is 494 g/mol. The summed E-state index contributed by atoms with van der Waals surface area (Å²) >= 11 is 0. The molecule has 0 saturated heterocycles. The fraction of sp³-hybridized carbons (Fsp3) is 0. The van der Waals surface area contributed by atoms with Crippen LogP contribution in [0.5, 0.6) is 5.75 Å². The van der Waals surface area contributed by atoms with Crippen molar-refractivity contribution in [3.8, 4) is 5.75 Å². The Kier molecular flexibility index (Phi) is 7.19. The van der Waals surface area contributed by atoms with E-state index in [2.05, 4.69) is 0 Å². The van der Waals surface area contributed by atoms with E-state index >= 15 is 0 Å². The summed E-state index contributed by atoms with van der Waals surface area (Å²) in [5, 5.41) is 9.12. The van der Waals surface area contributed by atoms with Crippen LogP contribution in [0.15, 0.2) is 51.1 Å². The zero-order valence-corrected chi connectivity index (χ0v) is 22.3. The SMILES string of the molecule is O=S(=O)([O-])c1cc(S(=O)(=O)[O-])c2ccc3c(S(=O)(=O)O)cc(O)c4ccc1c2c43.[Na+].[Na+]. The summed E-state index contributed by atoms with van der Waals surface area (Å²) in [6, 6.07) is 5.72. The molecule has 4 aromatic carbocycles. The molecule has 2 N–H and O–H groups in total. The van der Waals surface area contributed by atoms with E-state index < -0.39 is 50.8 Å². The fourth-order valence-corrected chi connectivity index (χ4v) is 5.69. The van der Waals surface area contributed by atoms with Gasteiger partial charge in [0.2, 0.25) is 0 Å². The van der Waals surface area contributed by atoms with E-state index in [-0.39, 0.29) is 91.4 Å². The second-order valence-electron chi connectivity index (χ2n) is 6.22. The maximum absolute atomic E-state index is 11.7. The molecule has 0 aromatic heterocycles. The molecule has 0 amide bonds. The van der Waals surface area contributed by atoms with E-state index in [1.54, 1.807) is 0 Å². The second kappa shape index (κ2) is 8.34. The van der Waals surface area contributed by atoms with Gasteiger partial charge in [0.05, 0.1) is 9.79 Å². The molecule has 0 fully saturated rings. The molecular formula is C16H8Na2O10S3. The Bertz CT molecular complexity index is 1630. The van der Waals surface area contributed by atoms with Crippen LogP contribution in [0.2, 0.25) is 0 Å². The van der Waals surface area contributed by atoms with Crippen LogP contribution in [0.4, 0.5) is 0 Å². The van der Waals surface area contributed by atoms with Gasteiger partial charge in [-0.2, -0.15) is 8.42 Å². The van der Waals surface area contributed by atoms with Gasteiger partial charge in [-0.15, -0.1) is 0 Å². The van der Waals surface area contributed by atoms with Gasteiger partial charge in [0, 0.05) is 38.4 Å². The van der Waals surface area contributed by atoms with Crippen LogP contribution in [0, 0.1) is 0 Å². The van der Waals surface area contributed by atoms with E-state index in [4.69, 9.17) is 0 Å². The van der Waals surface area contributed by atoms with Crippen LogP contribution in [0.3, 0.4) is 0 Å². The Morgan fingerprint density at radius 2 is 0.968 bits per heavy atom. The Labute approximate surface area is 220 Å². The zero-order chi connectivity index (χ0) is 21.5. The molecule has 0 unspecified atom stereocenters. The molecule has 0 radical (unpaired) electrons. The minimum Gasteiger partial charge on any atom is -0.744 e. The summed E-state index contributed by atoms with van der Waals surface area (Å²) in [6.07, 6.45) is 0. The number of hydrogen-bond donors (Lipinski definition) is 2. The minimum atomic E-state index is -5.24. The average molecular weight is 502 g/mol. The summed E-state index contributed by atoms with van der Waals surface area (Å²) < 4.78 is 103.